The molecule has 1 aromatic rings. The van der Waals surface area contributed by atoms with Gasteiger partial charge < -0.3 is 4.90 Å². The first kappa shape index (κ1) is 16.8. The van der Waals surface area contributed by atoms with Crippen molar-refractivity contribution in [1.29, 1.82) is 0 Å². The fourth-order valence-electron chi connectivity index (χ4n) is 2.82. The van der Waals surface area contributed by atoms with Gasteiger partial charge in [-0.2, -0.15) is 0 Å². The molecule has 1 aliphatic rings. The highest BCUT2D eigenvalue weighted by atomic mass is 35.7. The Bertz CT molecular complexity index is 624. The van der Waals surface area contributed by atoms with E-state index in [1.165, 1.54) is 17.4 Å². The van der Waals surface area contributed by atoms with Gasteiger partial charge in [0, 0.05) is 28.1 Å². The Kier molecular flexibility index (Phi) is 5.33. The summed E-state index contributed by atoms with van der Waals surface area (Å²) in [5.74, 6) is -0.0663. The number of aryl methyl sites for hydroxylation is 1. The number of thiophene rings is 1. The van der Waals surface area contributed by atoms with Crippen LogP contribution in [-0.4, -0.2) is 31.8 Å². The second-order valence-electron chi connectivity index (χ2n) is 5.38. The van der Waals surface area contributed by atoms with Crippen LogP contribution in [0.25, 0.3) is 0 Å². The molecule has 118 valence electrons. The number of rotatable bonds is 3. The molecule has 1 unspecified atom stereocenters. The van der Waals surface area contributed by atoms with Gasteiger partial charge in [0.1, 0.15) is 0 Å². The van der Waals surface area contributed by atoms with E-state index in [2.05, 4.69) is 6.92 Å². The Morgan fingerprint density at radius 1 is 1.43 bits per heavy atom. The SMILES string of the molecule is CCC1CCCCCN1C(=O)c1cc(S(=O)(=O)Cl)c(C)s1. The molecular formula is C14H20ClNO3S2. The summed E-state index contributed by atoms with van der Waals surface area (Å²) in [6.07, 6.45) is 5.25. The number of halogens is 1. The molecular weight excluding hydrogens is 330 g/mol. The molecule has 0 aliphatic carbocycles. The lowest BCUT2D eigenvalue weighted by atomic mass is 10.1. The van der Waals surface area contributed by atoms with E-state index in [4.69, 9.17) is 10.7 Å². The minimum Gasteiger partial charge on any atom is -0.335 e. The quantitative estimate of drug-likeness (QED) is 0.780. The lowest BCUT2D eigenvalue weighted by Crippen LogP contribution is -2.39. The minimum atomic E-state index is -3.79. The number of hydrogen-bond donors (Lipinski definition) is 0. The summed E-state index contributed by atoms with van der Waals surface area (Å²) in [6.45, 7) is 4.51. The summed E-state index contributed by atoms with van der Waals surface area (Å²) < 4.78 is 23.0. The fraction of sp³-hybridized carbons (Fsp3) is 0.643. The third-order valence-corrected chi connectivity index (χ3v) is 6.57. The van der Waals surface area contributed by atoms with Gasteiger partial charge in [0.25, 0.3) is 15.0 Å². The number of likely N-dealkylation sites (tertiary alicyclic amines) is 1. The maximum atomic E-state index is 12.7. The maximum absolute atomic E-state index is 12.7. The van der Waals surface area contributed by atoms with Crippen LogP contribution in [0.3, 0.4) is 0 Å². The molecule has 1 aromatic heterocycles. The number of hydrogen-bond acceptors (Lipinski definition) is 4. The van der Waals surface area contributed by atoms with Crippen molar-refractivity contribution in [2.45, 2.75) is 56.9 Å². The van der Waals surface area contributed by atoms with E-state index in [9.17, 15) is 13.2 Å². The molecule has 1 fully saturated rings. The molecule has 0 saturated carbocycles. The number of amides is 1. The highest BCUT2D eigenvalue weighted by molar-refractivity contribution is 8.13. The molecule has 2 rings (SSSR count). The molecule has 0 spiro atoms. The van der Waals surface area contributed by atoms with Crippen LogP contribution < -0.4 is 0 Å². The third kappa shape index (κ3) is 3.79. The van der Waals surface area contributed by atoms with E-state index in [0.717, 1.165) is 38.6 Å². The van der Waals surface area contributed by atoms with Gasteiger partial charge in [0.05, 0.1) is 9.77 Å². The number of nitrogens with zero attached hydrogens (tertiary/aromatic N) is 1. The summed E-state index contributed by atoms with van der Waals surface area (Å²) >= 11 is 1.21. The summed E-state index contributed by atoms with van der Waals surface area (Å²) in [7, 11) is 1.61. The zero-order valence-corrected chi connectivity index (χ0v) is 14.7. The van der Waals surface area contributed by atoms with Gasteiger partial charge >= 0.3 is 0 Å². The van der Waals surface area contributed by atoms with Gasteiger partial charge in [0.2, 0.25) is 0 Å². The number of carbonyl (C=O) groups excluding carboxylic acids is 1. The van der Waals surface area contributed by atoms with Crippen LogP contribution in [0.1, 0.15) is 53.6 Å². The predicted octanol–water partition coefficient (Wildman–Crippen LogP) is 3.78. The molecule has 0 radical (unpaired) electrons. The normalized spacial score (nSPS) is 20.3. The van der Waals surface area contributed by atoms with Crippen molar-refractivity contribution < 1.29 is 13.2 Å². The van der Waals surface area contributed by atoms with Crippen molar-refractivity contribution in [2.75, 3.05) is 6.54 Å². The van der Waals surface area contributed by atoms with Crippen LogP contribution in [0, 0.1) is 6.92 Å². The van der Waals surface area contributed by atoms with Crippen LogP contribution in [0.2, 0.25) is 0 Å². The number of carbonyl (C=O) groups is 1. The minimum absolute atomic E-state index is 0.0559. The monoisotopic (exact) mass is 349 g/mol. The molecule has 1 aliphatic heterocycles. The lowest BCUT2D eigenvalue weighted by molar-refractivity contribution is 0.0683. The average molecular weight is 350 g/mol. The molecule has 0 bridgehead atoms. The van der Waals surface area contributed by atoms with Crippen molar-refractivity contribution >= 4 is 37.0 Å². The highest BCUT2D eigenvalue weighted by Crippen LogP contribution is 2.30. The molecule has 0 aromatic carbocycles. The van der Waals surface area contributed by atoms with Crippen molar-refractivity contribution in [1.82, 2.24) is 4.90 Å². The molecule has 1 saturated heterocycles. The van der Waals surface area contributed by atoms with Crippen LogP contribution >= 0.6 is 22.0 Å². The lowest BCUT2D eigenvalue weighted by Gasteiger charge is -2.28. The molecule has 0 N–H and O–H groups in total. The molecule has 1 atom stereocenters. The van der Waals surface area contributed by atoms with E-state index in [-0.39, 0.29) is 16.8 Å². The standard InChI is InChI=1S/C14H20ClNO3S2/c1-3-11-7-5-4-6-8-16(11)14(17)12-9-13(10(2)20-12)21(15,18)19/h9,11H,3-8H2,1-2H3. The fourth-order valence-corrected chi connectivity index (χ4v) is 5.44. The van der Waals surface area contributed by atoms with Crippen LogP contribution in [0.4, 0.5) is 0 Å². The molecule has 4 nitrogen and oxygen atoms in total. The van der Waals surface area contributed by atoms with Crippen LogP contribution in [0.15, 0.2) is 11.0 Å². The zero-order chi connectivity index (χ0) is 15.6. The predicted molar refractivity (Wildman–Crippen MR) is 85.7 cm³/mol. The third-order valence-electron chi connectivity index (χ3n) is 3.95. The Morgan fingerprint density at radius 3 is 2.71 bits per heavy atom. The van der Waals surface area contributed by atoms with E-state index in [0.29, 0.717) is 9.75 Å². The van der Waals surface area contributed by atoms with Crippen molar-refractivity contribution in [2.24, 2.45) is 0 Å². The first-order chi connectivity index (χ1) is 9.84. The van der Waals surface area contributed by atoms with Crippen LogP contribution in [0.5, 0.6) is 0 Å². The van der Waals surface area contributed by atoms with E-state index >= 15 is 0 Å². The topological polar surface area (TPSA) is 54.5 Å². The van der Waals surface area contributed by atoms with E-state index < -0.39 is 9.05 Å². The summed E-state index contributed by atoms with van der Waals surface area (Å²) in [5.41, 5.74) is 0. The largest absolute Gasteiger partial charge is 0.335 e. The van der Waals surface area contributed by atoms with Gasteiger partial charge in [0.15, 0.2) is 0 Å². The Hall–Kier alpha value is -0.590. The second kappa shape index (κ2) is 6.67. The van der Waals surface area contributed by atoms with Crippen molar-refractivity contribution in [3.63, 3.8) is 0 Å². The molecule has 7 heteroatoms. The Labute approximate surface area is 134 Å². The second-order valence-corrected chi connectivity index (χ2v) is 9.17. The Morgan fingerprint density at radius 2 is 2.14 bits per heavy atom. The van der Waals surface area contributed by atoms with E-state index in [1.54, 1.807) is 6.92 Å². The molecule has 2 heterocycles. The first-order valence-electron chi connectivity index (χ1n) is 7.20. The van der Waals surface area contributed by atoms with Gasteiger partial charge in [-0.15, -0.1) is 11.3 Å². The smallest absolute Gasteiger partial charge is 0.264 e. The summed E-state index contributed by atoms with van der Waals surface area (Å²) in [4.78, 5) is 15.7. The zero-order valence-electron chi connectivity index (χ0n) is 12.3. The summed E-state index contributed by atoms with van der Waals surface area (Å²) in [5, 5.41) is 0. The summed E-state index contributed by atoms with van der Waals surface area (Å²) in [6, 6.07) is 1.67. The molecule has 1 amide bonds. The average Bonchev–Trinajstić information content (AvgIpc) is 2.67. The maximum Gasteiger partial charge on any atom is 0.264 e. The van der Waals surface area contributed by atoms with Crippen molar-refractivity contribution in [3.8, 4) is 0 Å². The Balaban J connectivity index is 2.30. The molecule has 21 heavy (non-hydrogen) atoms. The first-order valence-corrected chi connectivity index (χ1v) is 10.3. The van der Waals surface area contributed by atoms with Gasteiger partial charge in [-0.1, -0.05) is 19.8 Å². The van der Waals surface area contributed by atoms with Gasteiger partial charge in [-0.25, -0.2) is 8.42 Å². The van der Waals surface area contributed by atoms with Gasteiger partial charge in [-0.3, -0.25) is 4.79 Å². The van der Waals surface area contributed by atoms with Crippen LogP contribution in [-0.2, 0) is 9.05 Å². The van der Waals surface area contributed by atoms with Crippen molar-refractivity contribution in [3.05, 3.63) is 15.8 Å². The van der Waals surface area contributed by atoms with E-state index in [1.807, 2.05) is 4.90 Å². The van der Waals surface area contributed by atoms with Gasteiger partial charge in [-0.05, 0) is 32.3 Å². The highest BCUT2D eigenvalue weighted by Gasteiger charge is 2.28.